The minimum atomic E-state index is -2.84. The van der Waals surface area contributed by atoms with Crippen LogP contribution in [0.5, 0.6) is 0 Å². The molecule has 23 heavy (non-hydrogen) atoms. The van der Waals surface area contributed by atoms with Crippen LogP contribution >= 0.6 is 23.2 Å². The third-order valence-corrected chi connectivity index (χ3v) is 3.94. The van der Waals surface area contributed by atoms with Gasteiger partial charge in [0.15, 0.2) is 0 Å². The minimum absolute atomic E-state index is 0.0859. The van der Waals surface area contributed by atoms with Crippen molar-refractivity contribution in [2.75, 3.05) is 6.61 Å². The first-order chi connectivity index (χ1) is 10.8. The van der Waals surface area contributed by atoms with Crippen molar-refractivity contribution < 1.29 is 18.3 Å². The molecule has 0 saturated carbocycles. The summed E-state index contributed by atoms with van der Waals surface area (Å²) in [5.41, 5.74) is 0.248. The monoisotopic (exact) mass is 362 g/mol. The van der Waals surface area contributed by atoms with Crippen molar-refractivity contribution in [3.05, 3.63) is 50.8 Å². The van der Waals surface area contributed by atoms with E-state index in [0.29, 0.717) is 15.6 Å². The minimum Gasteiger partial charge on any atom is -0.462 e. The van der Waals surface area contributed by atoms with E-state index in [2.05, 4.69) is 5.10 Å². The van der Waals surface area contributed by atoms with E-state index in [1.165, 1.54) is 7.05 Å². The van der Waals surface area contributed by atoms with Crippen LogP contribution in [0, 0.1) is 0 Å². The van der Waals surface area contributed by atoms with Gasteiger partial charge in [-0.1, -0.05) is 29.3 Å². The second-order valence-electron chi connectivity index (χ2n) is 4.78. The summed E-state index contributed by atoms with van der Waals surface area (Å²) < 4.78 is 32.4. The van der Waals surface area contributed by atoms with Crippen LogP contribution in [0.4, 0.5) is 8.78 Å². The molecular formula is C15H14Cl2F2N2O2. The van der Waals surface area contributed by atoms with Crippen molar-refractivity contribution in [3.63, 3.8) is 0 Å². The van der Waals surface area contributed by atoms with E-state index in [9.17, 15) is 13.6 Å². The quantitative estimate of drug-likeness (QED) is 0.738. The number of aromatic nitrogens is 2. The Morgan fingerprint density at radius 2 is 2.04 bits per heavy atom. The van der Waals surface area contributed by atoms with Crippen LogP contribution in [0.15, 0.2) is 18.2 Å². The first-order valence-corrected chi connectivity index (χ1v) is 7.55. The molecule has 0 spiro atoms. The van der Waals surface area contributed by atoms with Crippen LogP contribution in [0.2, 0.25) is 10.0 Å². The maximum atomic E-state index is 13.3. The van der Waals surface area contributed by atoms with Crippen LogP contribution in [0.25, 0.3) is 0 Å². The number of alkyl halides is 2. The van der Waals surface area contributed by atoms with Gasteiger partial charge in [0, 0.05) is 13.5 Å². The number of carbonyl (C=O) groups is 1. The van der Waals surface area contributed by atoms with Gasteiger partial charge in [-0.25, -0.2) is 13.6 Å². The molecule has 4 nitrogen and oxygen atoms in total. The molecule has 0 aliphatic heterocycles. The summed E-state index contributed by atoms with van der Waals surface area (Å²) in [6.45, 7) is 1.69. The van der Waals surface area contributed by atoms with Crippen LogP contribution in [-0.2, 0) is 18.2 Å². The summed E-state index contributed by atoms with van der Waals surface area (Å²) in [6, 6.07) is 4.90. The van der Waals surface area contributed by atoms with Gasteiger partial charge in [-0.15, -0.1) is 0 Å². The van der Waals surface area contributed by atoms with Gasteiger partial charge in [0.25, 0.3) is 6.43 Å². The molecule has 0 bridgehead atoms. The van der Waals surface area contributed by atoms with Gasteiger partial charge in [-0.05, 0) is 24.6 Å². The molecule has 2 aromatic rings. The van der Waals surface area contributed by atoms with E-state index in [-0.39, 0.29) is 24.3 Å². The van der Waals surface area contributed by atoms with Gasteiger partial charge in [0.05, 0.1) is 22.3 Å². The standard InChI is InChI=1S/C15H14Cl2F2N2O2/c1-3-23-15(22)12-11(20-21(2)13(12)14(18)19)7-8-4-5-9(16)10(17)6-8/h4-6,14H,3,7H2,1-2H3. The average Bonchev–Trinajstić information content (AvgIpc) is 2.79. The Kier molecular flexibility index (Phi) is 5.59. The Hall–Kier alpha value is -1.66. The summed E-state index contributed by atoms with van der Waals surface area (Å²) in [5.74, 6) is -0.814. The largest absolute Gasteiger partial charge is 0.462 e. The summed E-state index contributed by atoms with van der Waals surface area (Å²) >= 11 is 11.8. The Morgan fingerprint density at radius 1 is 1.35 bits per heavy atom. The number of nitrogens with zero attached hydrogens (tertiary/aromatic N) is 2. The molecule has 8 heteroatoms. The topological polar surface area (TPSA) is 44.1 Å². The number of esters is 1. The van der Waals surface area contributed by atoms with Gasteiger partial charge in [-0.3, -0.25) is 4.68 Å². The van der Waals surface area contributed by atoms with Crippen molar-refractivity contribution in [2.24, 2.45) is 7.05 Å². The third kappa shape index (κ3) is 3.82. The summed E-state index contributed by atoms with van der Waals surface area (Å²) in [4.78, 5) is 12.1. The highest BCUT2D eigenvalue weighted by atomic mass is 35.5. The maximum Gasteiger partial charge on any atom is 0.342 e. The van der Waals surface area contributed by atoms with Crippen LogP contribution in [0.1, 0.15) is 40.7 Å². The molecule has 2 rings (SSSR count). The molecule has 0 atom stereocenters. The van der Waals surface area contributed by atoms with E-state index in [1.54, 1.807) is 25.1 Å². The van der Waals surface area contributed by atoms with Gasteiger partial charge in [-0.2, -0.15) is 5.10 Å². The number of rotatable bonds is 5. The molecule has 0 N–H and O–H groups in total. The van der Waals surface area contributed by atoms with Crippen molar-refractivity contribution in [1.82, 2.24) is 9.78 Å². The first-order valence-electron chi connectivity index (χ1n) is 6.80. The Balaban J connectivity index is 2.46. The number of halogens is 4. The Labute approximate surface area is 141 Å². The lowest BCUT2D eigenvalue weighted by Crippen LogP contribution is -2.11. The first kappa shape index (κ1) is 17.7. The number of aryl methyl sites for hydroxylation is 1. The van der Waals surface area contributed by atoms with Crippen LogP contribution < -0.4 is 0 Å². The summed E-state index contributed by atoms with van der Waals surface area (Å²) in [6.07, 6.45) is -2.68. The van der Waals surface area contributed by atoms with Crippen molar-refractivity contribution in [2.45, 2.75) is 19.8 Å². The third-order valence-electron chi connectivity index (χ3n) is 3.21. The summed E-state index contributed by atoms with van der Waals surface area (Å²) in [7, 11) is 1.36. The lowest BCUT2D eigenvalue weighted by molar-refractivity contribution is 0.0512. The van der Waals surface area contributed by atoms with Gasteiger partial charge in [0.2, 0.25) is 0 Å². The fraction of sp³-hybridized carbons (Fsp3) is 0.333. The van der Waals surface area contributed by atoms with Gasteiger partial charge in [0.1, 0.15) is 11.3 Å². The fourth-order valence-corrected chi connectivity index (χ4v) is 2.56. The number of hydrogen-bond donors (Lipinski definition) is 0. The van der Waals surface area contributed by atoms with E-state index >= 15 is 0 Å². The van der Waals surface area contributed by atoms with Crippen LogP contribution in [-0.4, -0.2) is 22.4 Å². The summed E-state index contributed by atoms with van der Waals surface area (Å²) in [5, 5.41) is 4.77. The van der Waals surface area contributed by atoms with Crippen molar-refractivity contribution in [1.29, 1.82) is 0 Å². The van der Waals surface area contributed by atoms with Gasteiger partial charge < -0.3 is 4.74 Å². The second-order valence-corrected chi connectivity index (χ2v) is 5.59. The van der Waals surface area contributed by atoms with Gasteiger partial charge >= 0.3 is 5.97 Å². The molecule has 0 aliphatic carbocycles. The lowest BCUT2D eigenvalue weighted by Gasteiger charge is -2.06. The van der Waals surface area contributed by atoms with E-state index < -0.39 is 18.1 Å². The lowest BCUT2D eigenvalue weighted by atomic mass is 10.1. The second kappa shape index (κ2) is 7.27. The smallest absolute Gasteiger partial charge is 0.342 e. The molecule has 0 radical (unpaired) electrons. The molecule has 1 aromatic heterocycles. The Bertz CT molecular complexity index is 733. The van der Waals surface area contributed by atoms with Crippen LogP contribution in [0.3, 0.4) is 0 Å². The van der Waals surface area contributed by atoms with Crippen molar-refractivity contribution >= 4 is 29.2 Å². The maximum absolute atomic E-state index is 13.3. The molecule has 0 saturated heterocycles. The predicted octanol–water partition coefficient (Wildman–Crippen LogP) is 4.43. The molecule has 0 aliphatic rings. The van der Waals surface area contributed by atoms with Crippen molar-refractivity contribution in [3.8, 4) is 0 Å². The highest BCUT2D eigenvalue weighted by molar-refractivity contribution is 6.42. The number of hydrogen-bond acceptors (Lipinski definition) is 3. The molecule has 0 amide bonds. The molecule has 0 fully saturated rings. The fourth-order valence-electron chi connectivity index (χ4n) is 2.24. The molecule has 0 unspecified atom stereocenters. The average molecular weight is 363 g/mol. The number of benzene rings is 1. The van der Waals surface area contributed by atoms with E-state index in [0.717, 1.165) is 4.68 Å². The highest BCUT2D eigenvalue weighted by Crippen LogP contribution is 2.29. The number of ether oxygens (including phenoxy) is 1. The zero-order valence-corrected chi connectivity index (χ0v) is 14.0. The Morgan fingerprint density at radius 3 is 2.61 bits per heavy atom. The SMILES string of the molecule is CCOC(=O)c1c(Cc2ccc(Cl)c(Cl)c2)nn(C)c1C(F)F. The van der Waals surface area contributed by atoms with E-state index in [4.69, 9.17) is 27.9 Å². The zero-order valence-electron chi connectivity index (χ0n) is 12.4. The van der Waals surface area contributed by atoms with E-state index in [1.807, 2.05) is 0 Å². The molecular weight excluding hydrogens is 349 g/mol. The normalized spacial score (nSPS) is 11.1. The zero-order chi connectivity index (χ0) is 17.1. The molecule has 124 valence electrons. The highest BCUT2D eigenvalue weighted by Gasteiger charge is 2.29. The molecule has 1 aromatic carbocycles. The molecule has 1 heterocycles. The predicted molar refractivity (Wildman–Crippen MR) is 83.4 cm³/mol. The number of carbonyl (C=O) groups excluding carboxylic acids is 1.